The van der Waals surface area contributed by atoms with Crippen LogP contribution in [0.2, 0.25) is 0 Å². The van der Waals surface area contributed by atoms with Crippen LogP contribution in [0.15, 0.2) is 24.3 Å². The molecule has 0 saturated carbocycles. The summed E-state index contributed by atoms with van der Waals surface area (Å²) in [6.45, 7) is 4.60. The lowest BCUT2D eigenvalue weighted by atomic mass is 10.0. The number of rotatable bonds is 41. The van der Waals surface area contributed by atoms with E-state index in [9.17, 15) is 19.4 Å². The number of aliphatic hydroxyl groups is 1. The number of nitrogens with one attached hydrogen (secondary N) is 1. The number of hydrogen-bond acceptors (Lipinski definition) is 6. The van der Waals surface area contributed by atoms with Gasteiger partial charge >= 0.3 is 0 Å². The number of phosphoric acid groups is 1. The second-order valence-corrected chi connectivity index (χ2v) is 18.2. The van der Waals surface area contributed by atoms with Gasteiger partial charge in [0.2, 0.25) is 5.91 Å². The average Bonchev–Trinajstić information content (AvgIpc) is 3.12. The second kappa shape index (κ2) is 37.6. The van der Waals surface area contributed by atoms with Crippen LogP contribution in [0.1, 0.15) is 206 Å². The van der Waals surface area contributed by atoms with E-state index in [0.717, 1.165) is 38.5 Å². The number of quaternary nitrogens is 1. The van der Waals surface area contributed by atoms with Crippen LogP contribution in [0, 0.1) is 0 Å². The predicted octanol–water partition coefficient (Wildman–Crippen LogP) is 11.9. The number of amides is 1. The minimum atomic E-state index is -4.59. The van der Waals surface area contributed by atoms with Crippen molar-refractivity contribution in [2.45, 2.75) is 219 Å². The lowest BCUT2D eigenvalue weighted by Crippen LogP contribution is -2.45. The van der Waals surface area contributed by atoms with Gasteiger partial charge in [0, 0.05) is 6.42 Å². The van der Waals surface area contributed by atoms with Gasteiger partial charge in [-0.2, -0.15) is 0 Å². The van der Waals surface area contributed by atoms with Gasteiger partial charge in [-0.25, -0.2) is 0 Å². The maximum Gasteiger partial charge on any atom is 0.268 e. The molecule has 0 aliphatic rings. The van der Waals surface area contributed by atoms with E-state index in [-0.39, 0.29) is 19.1 Å². The van der Waals surface area contributed by atoms with E-state index in [1.165, 1.54) is 148 Å². The quantitative estimate of drug-likeness (QED) is 0.0277. The SMILES string of the molecule is CCCCCC/C=C/CC/C=C/[C@@H](O)[C@H](COP(=O)([O-])OCC[N+](C)(C)C)NC(=O)CCCCCCCCCCCCCCCCCCCCCCCC. The molecule has 8 nitrogen and oxygen atoms in total. The van der Waals surface area contributed by atoms with Gasteiger partial charge in [0.25, 0.3) is 7.82 Å². The summed E-state index contributed by atoms with van der Waals surface area (Å²) >= 11 is 0. The van der Waals surface area contributed by atoms with Gasteiger partial charge in [-0.15, -0.1) is 0 Å². The maximum absolute atomic E-state index is 12.8. The molecule has 1 amide bonds. The molecule has 0 aromatic heterocycles. The summed E-state index contributed by atoms with van der Waals surface area (Å²) in [6, 6.07) is -0.896. The molecule has 0 saturated heterocycles. The van der Waals surface area contributed by atoms with Crippen molar-refractivity contribution < 1.29 is 32.9 Å². The lowest BCUT2D eigenvalue weighted by Gasteiger charge is -2.29. The Morgan fingerprint density at radius 1 is 0.630 bits per heavy atom. The van der Waals surface area contributed by atoms with E-state index in [4.69, 9.17) is 9.05 Å². The molecule has 9 heteroatoms. The van der Waals surface area contributed by atoms with Gasteiger partial charge in [-0.1, -0.05) is 192 Å². The number of carbonyl (C=O) groups excluding carboxylic acids is 1. The van der Waals surface area contributed by atoms with Crippen LogP contribution >= 0.6 is 7.82 Å². The van der Waals surface area contributed by atoms with Gasteiger partial charge in [0.05, 0.1) is 39.9 Å². The minimum absolute atomic E-state index is 0.00457. The van der Waals surface area contributed by atoms with Gasteiger partial charge in [-0.3, -0.25) is 9.36 Å². The molecule has 0 fully saturated rings. The van der Waals surface area contributed by atoms with Crippen molar-refractivity contribution in [3.8, 4) is 0 Å². The Hall–Kier alpha value is -1.02. The fourth-order valence-electron chi connectivity index (χ4n) is 6.52. The molecule has 0 aromatic rings. The molecule has 0 radical (unpaired) electrons. The first kappa shape index (κ1) is 53.0. The third kappa shape index (κ3) is 39.2. The topological polar surface area (TPSA) is 108 Å². The summed E-state index contributed by atoms with van der Waals surface area (Å²) in [5, 5.41) is 13.7. The summed E-state index contributed by atoms with van der Waals surface area (Å²) < 4.78 is 23.1. The van der Waals surface area contributed by atoms with Crippen LogP contribution in [0.5, 0.6) is 0 Å². The number of nitrogens with zero attached hydrogens (tertiary/aromatic N) is 1. The highest BCUT2D eigenvalue weighted by molar-refractivity contribution is 7.45. The summed E-state index contributed by atoms with van der Waals surface area (Å²) in [7, 11) is 1.25. The third-order valence-corrected chi connectivity index (χ3v) is 11.1. The Morgan fingerprint density at radius 3 is 1.50 bits per heavy atom. The molecule has 2 N–H and O–H groups in total. The molecular weight excluding hydrogens is 695 g/mol. The van der Waals surface area contributed by atoms with Crippen molar-refractivity contribution in [3.05, 3.63) is 24.3 Å². The zero-order valence-electron chi connectivity index (χ0n) is 36.2. The fourth-order valence-corrected chi connectivity index (χ4v) is 7.24. The first-order valence-electron chi connectivity index (χ1n) is 22.7. The monoisotopic (exact) mass is 785 g/mol. The highest BCUT2D eigenvalue weighted by atomic mass is 31.2. The highest BCUT2D eigenvalue weighted by Crippen LogP contribution is 2.38. The van der Waals surface area contributed by atoms with Gasteiger partial charge in [0.15, 0.2) is 0 Å². The Labute approximate surface area is 334 Å². The van der Waals surface area contributed by atoms with E-state index in [2.05, 4.69) is 31.3 Å². The van der Waals surface area contributed by atoms with Crippen molar-refractivity contribution in [1.29, 1.82) is 0 Å². The number of unbranched alkanes of at least 4 members (excludes halogenated alkanes) is 26. The standard InChI is InChI=1S/C45H89N2O6P/c1-6-8-10-12-14-16-18-19-20-21-22-23-24-25-26-27-28-29-31-33-35-37-39-45(49)46-43(42-53-54(50,51)52-41-40-47(3,4)5)44(48)38-36-34-32-30-17-15-13-11-9-7-2/h17,30,36,38,43-44,48H,6-16,18-29,31-35,37,39-42H2,1-5H3,(H-,46,49,50,51)/b30-17+,38-36+/t43-,44+/m0/s1. The zero-order chi connectivity index (χ0) is 40.0. The molecule has 0 aliphatic carbocycles. The van der Waals surface area contributed by atoms with Crippen LogP contribution in [-0.2, 0) is 18.4 Å². The third-order valence-electron chi connectivity index (χ3n) is 10.2. The second-order valence-electron chi connectivity index (χ2n) is 16.8. The number of hydrogen-bond donors (Lipinski definition) is 2. The van der Waals surface area contributed by atoms with Crippen molar-refractivity contribution >= 4 is 13.7 Å². The number of aliphatic hydroxyl groups excluding tert-OH is 1. The predicted molar refractivity (Wildman–Crippen MR) is 228 cm³/mol. The van der Waals surface area contributed by atoms with Crippen molar-refractivity contribution in [2.24, 2.45) is 0 Å². The summed E-state index contributed by atoms with van der Waals surface area (Å²) in [4.78, 5) is 25.2. The first-order chi connectivity index (χ1) is 26.0. The molecule has 0 spiro atoms. The first-order valence-corrected chi connectivity index (χ1v) is 24.2. The zero-order valence-corrected chi connectivity index (χ0v) is 37.1. The lowest BCUT2D eigenvalue weighted by molar-refractivity contribution is -0.870. The molecule has 0 bridgehead atoms. The number of allylic oxidation sites excluding steroid dienone is 3. The van der Waals surface area contributed by atoms with Crippen LogP contribution in [0.4, 0.5) is 0 Å². The Morgan fingerprint density at radius 2 is 1.04 bits per heavy atom. The summed E-state index contributed by atoms with van der Waals surface area (Å²) in [6.07, 6.45) is 43.8. The molecule has 0 rings (SSSR count). The van der Waals surface area contributed by atoms with Crippen molar-refractivity contribution in [3.63, 3.8) is 0 Å². The normalized spacial score (nSPS) is 14.6. The number of carbonyl (C=O) groups is 1. The van der Waals surface area contributed by atoms with E-state index in [1.807, 2.05) is 27.2 Å². The largest absolute Gasteiger partial charge is 0.756 e. The average molecular weight is 785 g/mol. The molecular formula is C45H89N2O6P. The fraction of sp³-hybridized carbons (Fsp3) is 0.889. The number of likely N-dealkylation sites (N-methyl/N-ethyl adjacent to an activating group) is 1. The Bertz CT molecular complexity index is 938. The molecule has 0 aromatic carbocycles. The molecule has 0 aliphatic heterocycles. The van der Waals surface area contributed by atoms with Crippen LogP contribution < -0.4 is 10.2 Å². The van der Waals surface area contributed by atoms with Crippen LogP contribution in [0.3, 0.4) is 0 Å². The molecule has 54 heavy (non-hydrogen) atoms. The van der Waals surface area contributed by atoms with Crippen molar-refractivity contribution in [1.82, 2.24) is 5.32 Å². The maximum atomic E-state index is 12.8. The summed E-state index contributed by atoms with van der Waals surface area (Å²) in [5.41, 5.74) is 0. The smallest absolute Gasteiger partial charge is 0.268 e. The van der Waals surface area contributed by atoms with E-state index < -0.39 is 20.0 Å². The van der Waals surface area contributed by atoms with Crippen molar-refractivity contribution in [2.75, 3.05) is 40.9 Å². The van der Waals surface area contributed by atoms with E-state index in [1.54, 1.807) is 6.08 Å². The van der Waals surface area contributed by atoms with Gasteiger partial charge < -0.3 is 28.8 Å². The molecule has 1 unspecified atom stereocenters. The molecule has 0 heterocycles. The van der Waals surface area contributed by atoms with Crippen LogP contribution in [0.25, 0.3) is 0 Å². The van der Waals surface area contributed by atoms with E-state index >= 15 is 0 Å². The molecule has 3 atom stereocenters. The van der Waals surface area contributed by atoms with E-state index in [0.29, 0.717) is 17.4 Å². The number of phosphoric ester groups is 1. The van der Waals surface area contributed by atoms with Crippen LogP contribution in [-0.4, -0.2) is 68.5 Å². The Balaban J connectivity index is 4.23. The Kier molecular flexibility index (Phi) is 36.8. The summed E-state index contributed by atoms with van der Waals surface area (Å²) in [5.74, 6) is -0.207. The highest BCUT2D eigenvalue weighted by Gasteiger charge is 2.23. The van der Waals surface area contributed by atoms with Gasteiger partial charge in [0.1, 0.15) is 13.2 Å². The molecule has 320 valence electrons. The minimum Gasteiger partial charge on any atom is -0.756 e. The van der Waals surface area contributed by atoms with Gasteiger partial charge in [-0.05, 0) is 32.1 Å².